The number of aliphatic hydroxyl groups is 1. The number of benzene rings is 1. The summed E-state index contributed by atoms with van der Waals surface area (Å²) in [4.78, 5) is 19.0. The zero-order chi connectivity index (χ0) is 15.4. The quantitative estimate of drug-likeness (QED) is 0.783. The molecule has 5 nitrogen and oxygen atoms in total. The second kappa shape index (κ2) is 6.65. The van der Waals surface area contributed by atoms with Crippen LogP contribution in [0.4, 0.5) is 0 Å². The van der Waals surface area contributed by atoms with Crippen molar-refractivity contribution in [1.82, 2.24) is 15.3 Å². The van der Waals surface area contributed by atoms with Crippen molar-refractivity contribution in [1.29, 1.82) is 0 Å². The van der Waals surface area contributed by atoms with Gasteiger partial charge in [0.1, 0.15) is 5.82 Å². The van der Waals surface area contributed by atoms with E-state index >= 15 is 0 Å². The third-order valence-corrected chi connectivity index (χ3v) is 3.50. The van der Waals surface area contributed by atoms with Crippen LogP contribution in [0.5, 0.6) is 0 Å². The molecule has 0 spiro atoms. The highest BCUT2D eigenvalue weighted by molar-refractivity contribution is 5.21. The minimum absolute atomic E-state index is 0.130. The molecule has 3 N–H and O–H groups in total. The van der Waals surface area contributed by atoms with Crippen LogP contribution in [0.3, 0.4) is 0 Å². The third-order valence-electron chi connectivity index (χ3n) is 3.50. The van der Waals surface area contributed by atoms with Crippen LogP contribution in [0.15, 0.2) is 35.1 Å². The van der Waals surface area contributed by atoms with Crippen LogP contribution >= 0.6 is 0 Å². The van der Waals surface area contributed by atoms with E-state index in [1.54, 1.807) is 6.92 Å². The molecule has 0 radical (unpaired) electrons. The van der Waals surface area contributed by atoms with Gasteiger partial charge in [0.25, 0.3) is 5.56 Å². The van der Waals surface area contributed by atoms with Gasteiger partial charge < -0.3 is 15.4 Å². The monoisotopic (exact) mass is 287 g/mol. The zero-order valence-corrected chi connectivity index (χ0v) is 12.6. The van der Waals surface area contributed by atoms with E-state index in [1.807, 2.05) is 44.2 Å². The van der Waals surface area contributed by atoms with E-state index in [2.05, 4.69) is 15.3 Å². The van der Waals surface area contributed by atoms with Gasteiger partial charge in [0, 0.05) is 18.3 Å². The summed E-state index contributed by atoms with van der Waals surface area (Å²) in [7, 11) is 0. The molecule has 2 unspecified atom stereocenters. The highest BCUT2D eigenvalue weighted by Crippen LogP contribution is 2.14. The average Bonchev–Trinajstić information content (AvgIpc) is 2.44. The molecule has 0 aliphatic heterocycles. The fraction of sp³-hybridized carbons (Fsp3) is 0.375. The van der Waals surface area contributed by atoms with E-state index in [0.717, 1.165) is 5.56 Å². The van der Waals surface area contributed by atoms with E-state index < -0.39 is 6.10 Å². The maximum Gasteiger partial charge on any atom is 0.255 e. The van der Waals surface area contributed by atoms with E-state index in [1.165, 1.54) is 0 Å². The van der Waals surface area contributed by atoms with Gasteiger partial charge in [0.15, 0.2) is 0 Å². The summed E-state index contributed by atoms with van der Waals surface area (Å²) >= 11 is 0. The molecule has 2 aromatic rings. The van der Waals surface area contributed by atoms with Crippen LogP contribution in [0, 0.1) is 13.8 Å². The number of aromatic amines is 1. The summed E-state index contributed by atoms with van der Waals surface area (Å²) in [5, 5.41) is 13.3. The topological polar surface area (TPSA) is 78.0 Å². The number of aromatic nitrogens is 2. The van der Waals surface area contributed by atoms with E-state index in [-0.39, 0.29) is 11.6 Å². The van der Waals surface area contributed by atoms with E-state index in [9.17, 15) is 9.90 Å². The summed E-state index contributed by atoms with van der Waals surface area (Å²) < 4.78 is 0. The first-order valence-electron chi connectivity index (χ1n) is 7.03. The lowest BCUT2D eigenvalue weighted by Gasteiger charge is -2.18. The Morgan fingerprint density at radius 1 is 1.29 bits per heavy atom. The van der Waals surface area contributed by atoms with Crippen molar-refractivity contribution in [3.05, 3.63) is 63.3 Å². The lowest BCUT2D eigenvalue weighted by atomic mass is 10.1. The zero-order valence-electron chi connectivity index (χ0n) is 12.6. The van der Waals surface area contributed by atoms with E-state index in [4.69, 9.17) is 0 Å². The Bertz CT molecular complexity index is 652. The fourth-order valence-electron chi connectivity index (χ4n) is 2.43. The minimum Gasteiger partial charge on any atom is -0.387 e. The number of nitrogens with one attached hydrogen (secondary N) is 2. The van der Waals surface area contributed by atoms with Crippen molar-refractivity contribution in [2.45, 2.75) is 32.9 Å². The van der Waals surface area contributed by atoms with Gasteiger partial charge in [0.05, 0.1) is 11.7 Å². The highest BCUT2D eigenvalue weighted by Gasteiger charge is 2.16. The van der Waals surface area contributed by atoms with Crippen molar-refractivity contribution in [2.24, 2.45) is 0 Å². The van der Waals surface area contributed by atoms with Gasteiger partial charge in [-0.25, -0.2) is 4.98 Å². The van der Waals surface area contributed by atoms with Gasteiger partial charge in [-0.3, -0.25) is 4.79 Å². The molecule has 1 heterocycles. The Balaban J connectivity index is 2.06. The summed E-state index contributed by atoms with van der Waals surface area (Å²) in [6.07, 6.45) is -0.605. The summed E-state index contributed by atoms with van der Waals surface area (Å²) in [6.45, 7) is 5.85. The third kappa shape index (κ3) is 3.77. The summed E-state index contributed by atoms with van der Waals surface area (Å²) in [5.41, 5.74) is 2.05. The average molecular weight is 287 g/mol. The number of hydrogen-bond donors (Lipinski definition) is 3. The Morgan fingerprint density at radius 2 is 1.95 bits per heavy atom. The molecule has 21 heavy (non-hydrogen) atoms. The molecular formula is C16H21N3O2. The number of aliphatic hydroxyl groups excluding tert-OH is 1. The molecule has 0 fully saturated rings. The predicted molar refractivity (Wildman–Crippen MR) is 82.2 cm³/mol. The largest absolute Gasteiger partial charge is 0.387 e. The van der Waals surface area contributed by atoms with Crippen LogP contribution in [0.1, 0.15) is 41.7 Å². The van der Waals surface area contributed by atoms with Gasteiger partial charge in [-0.05, 0) is 26.3 Å². The first-order chi connectivity index (χ1) is 9.99. The molecule has 0 bridgehead atoms. The van der Waals surface area contributed by atoms with Crippen LogP contribution in [0.2, 0.25) is 0 Å². The maximum absolute atomic E-state index is 12.0. The highest BCUT2D eigenvalue weighted by atomic mass is 16.3. The number of hydrogen-bond acceptors (Lipinski definition) is 4. The van der Waals surface area contributed by atoms with Crippen LogP contribution in [-0.4, -0.2) is 21.6 Å². The molecule has 2 atom stereocenters. The first kappa shape index (κ1) is 15.4. The smallest absolute Gasteiger partial charge is 0.255 e. The number of nitrogens with zero attached hydrogens (tertiary/aromatic N) is 1. The molecule has 1 aromatic heterocycles. The van der Waals surface area contributed by atoms with Gasteiger partial charge in [0.2, 0.25) is 0 Å². The molecule has 0 aliphatic carbocycles. The predicted octanol–water partition coefficient (Wildman–Crippen LogP) is 1.77. The Hall–Kier alpha value is -1.98. The standard InChI is InChI=1S/C16H21N3O2/c1-10(15-11(2)18-12(3)19-16(15)21)17-9-14(20)13-7-5-4-6-8-13/h4-8,10,14,17,20H,9H2,1-3H3,(H,18,19,21). The Labute approximate surface area is 124 Å². The second-order valence-corrected chi connectivity index (χ2v) is 5.21. The lowest BCUT2D eigenvalue weighted by molar-refractivity contribution is 0.170. The van der Waals surface area contributed by atoms with Gasteiger partial charge in [-0.15, -0.1) is 0 Å². The first-order valence-corrected chi connectivity index (χ1v) is 7.03. The molecule has 1 aromatic carbocycles. The van der Waals surface area contributed by atoms with Gasteiger partial charge in [-0.2, -0.15) is 0 Å². The fourth-order valence-corrected chi connectivity index (χ4v) is 2.43. The van der Waals surface area contributed by atoms with Gasteiger partial charge in [-0.1, -0.05) is 30.3 Å². The Morgan fingerprint density at radius 3 is 2.57 bits per heavy atom. The molecular weight excluding hydrogens is 266 g/mol. The molecule has 112 valence electrons. The van der Waals surface area contributed by atoms with Crippen molar-refractivity contribution < 1.29 is 5.11 Å². The molecule has 0 amide bonds. The maximum atomic E-state index is 12.0. The molecule has 0 saturated heterocycles. The van der Waals surface area contributed by atoms with Crippen LogP contribution in [0.25, 0.3) is 0 Å². The number of rotatable bonds is 5. The normalized spacial score (nSPS) is 13.9. The summed E-state index contributed by atoms with van der Waals surface area (Å²) in [5.74, 6) is 0.609. The van der Waals surface area contributed by atoms with Crippen molar-refractivity contribution >= 4 is 0 Å². The van der Waals surface area contributed by atoms with Crippen LogP contribution in [-0.2, 0) is 0 Å². The SMILES string of the molecule is Cc1nc(C)c(C(C)NCC(O)c2ccccc2)c(=O)[nH]1. The summed E-state index contributed by atoms with van der Waals surface area (Å²) in [6, 6.07) is 9.26. The van der Waals surface area contributed by atoms with Crippen molar-refractivity contribution in [3.8, 4) is 0 Å². The number of H-pyrrole nitrogens is 1. The Kier molecular flexibility index (Phi) is 4.88. The van der Waals surface area contributed by atoms with Gasteiger partial charge >= 0.3 is 0 Å². The minimum atomic E-state index is -0.605. The lowest BCUT2D eigenvalue weighted by Crippen LogP contribution is -2.30. The van der Waals surface area contributed by atoms with Crippen molar-refractivity contribution in [3.63, 3.8) is 0 Å². The molecule has 0 saturated carbocycles. The molecule has 0 aliphatic rings. The second-order valence-electron chi connectivity index (χ2n) is 5.21. The van der Waals surface area contributed by atoms with Crippen LogP contribution < -0.4 is 10.9 Å². The molecule has 5 heteroatoms. The number of aryl methyl sites for hydroxylation is 2. The van der Waals surface area contributed by atoms with Crippen molar-refractivity contribution in [2.75, 3.05) is 6.54 Å². The molecule has 2 rings (SSSR count). The van der Waals surface area contributed by atoms with E-state index in [0.29, 0.717) is 23.6 Å².